The van der Waals surface area contributed by atoms with E-state index in [0.29, 0.717) is 0 Å². The van der Waals surface area contributed by atoms with Crippen molar-refractivity contribution in [2.24, 2.45) is 5.92 Å². The van der Waals surface area contributed by atoms with Gasteiger partial charge in [-0.25, -0.2) is 8.42 Å². The Morgan fingerprint density at radius 3 is 1.69 bits per heavy atom. The van der Waals surface area contributed by atoms with Gasteiger partial charge in [0.15, 0.2) is 0 Å². The molecule has 0 amide bonds. The summed E-state index contributed by atoms with van der Waals surface area (Å²) in [5.74, 6) is 0.0217. The van der Waals surface area contributed by atoms with Gasteiger partial charge in [0.25, 0.3) is 0 Å². The SMILES string of the molecule is CCCCCCCCCC/C=C/C(CCCCCCCCC)COS(=O)(=O)[O-].[K+]. The van der Waals surface area contributed by atoms with Crippen LogP contribution in [0.3, 0.4) is 0 Å². The van der Waals surface area contributed by atoms with Crippen molar-refractivity contribution in [2.45, 2.75) is 123 Å². The van der Waals surface area contributed by atoms with E-state index in [4.69, 9.17) is 0 Å². The Labute approximate surface area is 224 Å². The van der Waals surface area contributed by atoms with Crippen molar-refractivity contribution in [1.29, 1.82) is 0 Å². The van der Waals surface area contributed by atoms with Crippen LogP contribution in [0.2, 0.25) is 0 Å². The third-order valence-corrected chi connectivity index (χ3v) is 5.66. The number of rotatable bonds is 21. The second-order valence-corrected chi connectivity index (χ2v) is 9.11. The van der Waals surface area contributed by atoms with Gasteiger partial charge in [0, 0.05) is 5.92 Å². The predicted molar refractivity (Wildman–Crippen MR) is 118 cm³/mol. The molecule has 0 aliphatic rings. The van der Waals surface area contributed by atoms with Gasteiger partial charge in [0.1, 0.15) is 0 Å². The largest absolute Gasteiger partial charge is 1.00 e. The molecule has 0 fully saturated rings. The fraction of sp³-hybridized carbons (Fsp3) is 0.913. The van der Waals surface area contributed by atoms with Crippen molar-refractivity contribution >= 4 is 10.4 Å². The van der Waals surface area contributed by atoms with Crippen molar-refractivity contribution < 1.29 is 68.5 Å². The molecule has 168 valence electrons. The molecule has 0 aliphatic heterocycles. The van der Waals surface area contributed by atoms with Gasteiger partial charge in [-0.3, -0.25) is 4.18 Å². The van der Waals surface area contributed by atoms with Crippen LogP contribution in [-0.4, -0.2) is 19.6 Å². The van der Waals surface area contributed by atoms with Crippen LogP contribution in [0, 0.1) is 5.92 Å². The van der Waals surface area contributed by atoms with Gasteiger partial charge in [-0.2, -0.15) is 0 Å². The van der Waals surface area contributed by atoms with E-state index in [9.17, 15) is 13.0 Å². The van der Waals surface area contributed by atoms with Crippen LogP contribution in [0.4, 0.5) is 0 Å². The van der Waals surface area contributed by atoms with E-state index in [0.717, 1.165) is 25.7 Å². The second-order valence-electron chi connectivity index (χ2n) is 8.05. The van der Waals surface area contributed by atoms with Crippen molar-refractivity contribution in [3.8, 4) is 0 Å². The topological polar surface area (TPSA) is 66.4 Å². The fourth-order valence-electron chi connectivity index (χ4n) is 3.45. The van der Waals surface area contributed by atoms with Gasteiger partial charge < -0.3 is 4.55 Å². The van der Waals surface area contributed by atoms with Crippen LogP contribution < -0.4 is 51.4 Å². The third kappa shape index (κ3) is 27.2. The summed E-state index contributed by atoms with van der Waals surface area (Å²) in [5.41, 5.74) is 0. The van der Waals surface area contributed by atoms with Crippen LogP contribution in [0.25, 0.3) is 0 Å². The first-order valence-electron chi connectivity index (χ1n) is 11.8. The molecule has 29 heavy (non-hydrogen) atoms. The Bertz CT molecular complexity index is 452. The number of allylic oxidation sites excluding steroid dienone is 1. The zero-order valence-electron chi connectivity index (χ0n) is 19.5. The van der Waals surface area contributed by atoms with E-state index >= 15 is 0 Å². The Hall–Kier alpha value is 1.25. The Balaban J connectivity index is 0. The van der Waals surface area contributed by atoms with Crippen LogP contribution in [0.1, 0.15) is 123 Å². The molecule has 4 nitrogen and oxygen atoms in total. The van der Waals surface area contributed by atoms with Crippen LogP contribution in [-0.2, 0) is 14.6 Å². The van der Waals surface area contributed by atoms with Crippen molar-refractivity contribution in [3.63, 3.8) is 0 Å². The molecule has 0 saturated heterocycles. The van der Waals surface area contributed by atoms with Crippen LogP contribution >= 0.6 is 0 Å². The Morgan fingerprint density at radius 2 is 1.21 bits per heavy atom. The minimum Gasteiger partial charge on any atom is -0.726 e. The number of hydrogen-bond acceptors (Lipinski definition) is 4. The van der Waals surface area contributed by atoms with E-state index in [1.165, 1.54) is 83.5 Å². The van der Waals surface area contributed by atoms with Gasteiger partial charge in [-0.1, -0.05) is 116 Å². The maximum absolute atomic E-state index is 10.8. The molecule has 0 spiro atoms. The summed E-state index contributed by atoms with van der Waals surface area (Å²) >= 11 is 0. The second kappa shape index (κ2) is 23.9. The summed E-state index contributed by atoms with van der Waals surface area (Å²) in [7, 11) is -4.60. The van der Waals surface area contributed by atoms with E-state index in [1.807, 2.05) is 0 Å². The number of unbranched alkanes of at least 4 members (excludes halogenated alkanes) is 14. The zero-order valence-corrected chi connectivity index (χ0v) is 23.4. The zero-order chi connectivity index (χ0) is 20.9. The molecule has 1 atom stereocenters. The molecule has 0 saturated carbocycles. The molecule has 0 aliphatic carbocycles. The molecule has 0 aromatic carbocycles. The van der Waals surface area contributed by atoms with E-state index in [-0.39, 0.29) is 63.9 Å². The number of hydrogen-bond donors (Lipinski definition) is 0. The quantitative estimate of drug-likeness (QED) is 0.0848. The molecule has 0 heterocycles. The summed E-state index contributed by atoms with van der Waals surface area (Å²) in [5, 5.41) is 0. The van der Waals surface area contributed by atoms with Gasteiger partial charge in [0.05, 0.1) is 6.61 Å². The molecule has 0 aromatic rings. The molecule has 0 bridgehead atoms. The molecule has 6 heteroatoms. The minimum absolute atomic E-state index is 0. The Kier molecular flexibility index (Phi) is 26.7. The maximum atomic E-state index is 10.8. The molecule has 0 radical (unpaired) electrons. The summed E-state index contributed by atoms with van der Waals surface area (Å²) in [6.07, 6.45) is 25.1. The first-order valence-corrected chi connectivity index (χ1v) is 13.1. The summed E-state index contributed by atoms with van der Waals surface area (Å²) < 4.78 is 36.8. The molecule has 0 rings (SSSR count). The first-order chi connectivity index (χ1) is 13.5. The van der Waals surface area contributed by atoms with Gasteiger partial charge in [-0.15, -0.1) is 0 Å². The van der Waals surface area contributed by atoms with Crippen LogP contribution in [0.5, 0.6) is 0 Å². The third-order valence-electron chi connectivity index (χ3n) is 5.24. The normalized spacial score (nSPS) is 12.9. The standard InChI is InChI=1S/C23H46O4S.K/c1-3-5-7-9-11-12-13-15-17-19-21-23(22-27-28(24,25)26)20-18-16-14-10-8-6-4-2;/h19,21,23H,3-18,20,22H2,1-2H3,(H,24,25,26);/q;+1/p-1/b21-19+;. The summed E-state index contributed by atoms with van der Waals surface area (Å²) in [6.45, 7) is 4.44. The molecular formula is C23H45KO4S. The summed E-state index contributed by atoms with van der Waals surface area (Å²) in [6, 6.07) is 0. The smallest absolute Gasteiger partial charge is 0.726 e. The molecular weight excluding hydrogens is 411 g/mol. The van der Waals surface area contributed by atoms with Crippen molar-refractivity contribution in [3.05, 3.63) is 12.2 Å². The average Bonchev–Trinajstić information content (AvgIpc) is 2.65. The van der Waals surface area contributed by atoms with Gasteiger partial charge >= 0.3 is 51.4 Å². The molecule has 0 N–H and O–H groups in total. The molecule has 1 unspecified atom stereocenters. The fourth-order valence-corrected chi connectivity index (χ4v) is 3.80. The van der Waals surface area contributed by atoms with Gasteiger partial charge in [0.2, 0.25) is 10.4 Å². The van der Waals surface area contributed by atoms with Gasteiger partial charge in [-0.05, 0) is 19.3 Å². The first kappa shape index (κ1) is 32.4. The van der Waals surface area contributed by atoms with Crippen molar-refractivity contribution in [1.82, 2.24) is 0 Å². The van der Waals surface area contributed by atoms with E-state index in [2.05, 4.69) is 30.2 Å². The van der Waals surface area contributed by atoms with E-state index in [1.54, 1.807) is 0 Å². The maximum Gasteiger partial charge on any atom is 1.00 e. The minimum atomic E-state index is -4.60. The molecule has 0 aromatic heterocycles. The predicted octanol–water partition coefficient (Wildman–Crippen LogP) is 4.31. The van der Waals surface area contributed by atoms with Crippen molar-refractivity contribution in [2.75, 3.05) is 6.61 Å². The van der Waals surface area contributed by atoms with Crippen LogP contribution in [0.15, 0.2) is 12.2 Å². The monoisotopic (exact) mass is 456 g/mol. The van der Waals surface area contributed by atoms with E-state index < -0.39 is 10.4 Å². The Morgan fingerprint density at radius 1 is 0.759 bits per heavy atom. The average molecular weight is 457 g/mol. The summed E-state index contributed by atoms with van der Waals surface area (Å²) in [4.78, 5) is 0.